The summed E-state index contributed by atoms with van der Waals surface area (Å²) in [6.45, 7) is 0. The van der Waals surface area contributed by atoms with Crippen molar-refractivity contribution in [3.05, 3.63) is 0 Å². The largest absolute Gasteiger partial charge is 0.466 e. The minimum Gasteiger partial charge on any atom is -0.303 e. The summed E-state index contributed by atoms with van der Waals surface area (Å²) in [6.07, 6.45) is 0. The van der Waals surface area contributed by atoms with Crippen molar-refractivity contribution in [1.82, 2.24) is 0 Å². The predicted octanol–water partition coefficient (Wildman–Crippen LogP) is -2.11. The molecule has 0 bridgehead atoms. The zero-order valence-electron chi connectivity index (χ0n) is 2.77. The van der Waals surface area contributed by atoms with E-state index in [1.165, 1.54) is 0 Å². The Hall–Kier alpha value is 1.84. The molecule has 0 aromatic heterocycles. The van der Waals surface area contributed by atoms with Gasteiger partial charge in [0, 0.05) is 35.6 Å². The van der Waals surface area contributed by atoms with Gasteiger partial charge in [-0.25, -0.2) is 4.57 Å². The molecule has 0 aliphatic carbocycles. The van der Waals surface area contributed by atoms with E-state index < -0.39 is 7.82 Å². The van der Waals surface area contributed by atoms with Crippen LogP contribution in [0.3, 0.4) is 0 Å². The van der Waals surface area contributed by atoms with Crippen molar-refractivity contribution in [2.75, 3.05) is 0 Å². The molecular weight excluding hydrogens is 261 g/mol. The van der Waals surface area contributed by atoms with Gasteiger partial charge in [-0.2, -0.15) is 0 Å². The second kappa shape index (κ2) is 5.96. The molecule has 0 aromatic rings. The van der Waals surface area contributed by atoms with E-state index >= 15 is 0 Å². The third kappa shape index (κ3) is 79.1. The molecule has 0 spiro atoms. The van der Waals surface area contributed by atoms with Gasteiger partial charge in [0.1, 0.15) is 0 Å². The van der Waals surface area contributed by atoms with Gasteiger partial charge in [-0.3, -0.25) is 0 Å². The number of hydrogen-bond acceptors (Lipinski definition) is 1. The maximum atomic E-state index is 8.88. The third-order valence-corrected chi connectivity index (χ3v) is 0. The number of phosphoric acid groups is 1. The van der Waals surface area contributed by atoms with Gasteiger partial charge in [0.05, 0.1) is 0 Å². The summed E-state index contributed by atoms with van der Waals surface area (Å²) in [7, 11) is -4.64. The van der Waals surface area contributed by atoms with E-state index in [-0.39, 0.29) is 53.0 Å². The Morgan fingerprint density at radius 1 is 1.14 bits per heavy atom. The van der Waals surface area contributed by atoms with E-state index in [2.05, 4.69) is 0 Å². The SMILES string of the molecule is O=P(O)(O)O.[AlH3].[La]. The van der Waals surface area contributed by atoms with Crippen molar-refractivity contribution in [3.8, 4) is 0 Å². The zero-order chi connectivity index (χ0) is 4.50. The summed E-state index contributed by atoms with van der Waals surface area (Å²) in [5.41, 5.74) is 0. The molecule has 0 heterocycles. The standard InChI is InChI=1S/Al.La.H3O4P.3H/c;;1-5(2,3)4;;;/h;;(H3,1,2,3,4);;;. The Balaban J connectivity index is -0.0000000800. The molecule has 0 aliphatic heterocycles. The van der Waals surface area contributed by atoms with Gasteiger partial charge in [0.25, 0.3) is 0 Å². The first kappa shape index (κ1) is 15.9. The fourth-order valence-corrected chi connectivity index (χ4v) is 0. The number of rotatable bonds is 0. The van der Waals surface area contributed by atoms with Crippen LogP contribution in [0.1, 0.15) is 0 Å². The first-order chi connectivity index (χ1) is 2.00. The molecule has 0 unspecified atom stereocenters. The van der Waals surface area contributed by atoms with E-state index in [9.17, 15) is 0 Å². The van der Waals surface area contributed by atoms with E-state index in [4.69, 9.17) is 19.2 Å². The second-order valence-corrected chi connectivity index (χ2v) is 1.54. The van der Waals surface area contributed by atoms with Crippen molar-refractivity contribution >= 4 is 25.2 Å². The van der Waals surface area contributed by atoms with Crippen LogP contribution in [0, 0.1) is 35.6 Å². The van der Waals surface area contributed by atoms with Crippen LogP contribution in [0.15, 0.2) is 0 Å². The van der Waals surface area contributed by atoms with Gasteiger partial charge in [-0.1, -0.05) is 0 Å². The third-order valence-electron chi connectivity index (χ3n) is 0. The molecule has 41 valence electrons. The minimum absolute atomic E-state index is 0. The van der Waals surface area contributed by atoms with Crippen molar-refractivity contribution in [2.45, 2.75) is 0 Å². The fourth-order valence-electron chi connectivity index (χ4n) is 0. The minimum atomic E-state index is -4.64. The molecule has 0 atom stereocenters. The molecule has 0 saturated carbocycles. The van der Waals surface area contributed by atoms with Crippen molar-refractivity contribution in [1.29, 1.82) is 0 Å². The van der Waals surface area contributed by atoms with Crippen molar-refractivity contribution < 1.29 is 54.8 Å². The summed E-state index contributed by atoms with van der Waals surface area (Å²) in [5, 5.41) is 0. The summed E-state index contributed by atoms with van der Waals surface area (Å²) in [4.78, 5) is 21.6. The van der Waals surface area contributed by atoms with Gasteiger partial charge in [0.15, 0.2) is 17.4 Å². The van der Waals surface area contributed by atoms with Crippen LogP contribution in [0.4, 0.5) is 0 Å². The summed E-state index contributed by atoms with van der Waals surface area (Å²) < 4.78 is 8.88. The van der Waals surface area contributed by atoms with E-state index in [1.807, 2.05) is 0 Å². The Labute approximate surface area is 79.3 Å². The van der Waals surface area contributed by atoms with E-state index in [1.54, 1.807) is 0 Å². The van der Waals surface area contributed by atoms with Crippen LogP contribution in [0.5, 0.6) is 0 Å². The Kier molecular flexibility index (Phi) is 13.6. The predicted molar refractivity (Wildman–Crippen MR) is 24.2 cm³/mol. The Bertz CT molecular complexity index is 57.8. The molecule has 1 radical (unpaired) electrons. The van der Waals surface area contributed by atoms with Gasteiger partial charge < -0.3 is 14.7 Å². The van der Waals surface area contributed by atoms with Crippen LogP contribution in [-0.4, -0.2) is 32.0 Å². The monoisotopic (exact) mass is 267 g/mol. The van der Waals surface area contributed by atoms with Gasteiger partial charge >= 0.3 is 7.82 Å². The Morgan fingerprint density at radius 2 is 1.14 bits per heavy atom. The molecule has 0 amide bonds. The van der Waals surface area contributed by atoms with Crippen LogP contribution >= 0.6 is 7.82 Å². The molecule has 4 nitrogen and oxygen atoms in total. The molecule has 0 fully saturated rings. The first-order valence-corrected chi connectivity index (χ1v) is 2.35. The zero-order valence-corrected chi connectivity index (χ0v) is 7.29. The molecule has 0 aromatic carbocycles. The topological polar surface area (TPSA) is 77.8 Å². The second-order valence-electron chi connectivity index (χ2n) is 0.513. The molecule has 0 rings (SSSR count). The van der Waals surface area contributed by atoms with Crippen LogP contribution in [0.2, 0.25) is 0 Å². The normalized spacial score (nSPS) is 8.43. The van der Waals surface area contributed by atoms with E-state index in [0.29, 0.717) is 0 Å². The molecule has 3 N–H and O–H groups in total. The first-order valence-electron chi connectivity index (χ1n) is 0.783. The average molecular weight is 267 g/mol. The molecule has 7 heavy (non-hydrogen) atoms. The van der Waals surface area contributed by atoms with Gasteiger partial charge in [0.2, 0.25) is 0 Å². The maximum Gasteiger partial charge on any atom is 0.466 e. The average Bonchev–Trinajstić information content (AvgIpc) is 0.722. The Morgan fingerprint density at radius 3 is 1.14 bits per heavy atom. The van der Waals surface area contributed by atoms with Crippen LogP contribution in [-0.2, 0) is 4.57 Å². The molecule has 7 heteroatoms. The van der Waals surface area contributed by atoms with E-state index in [0.717, 1.165) is 0 Å². The summed E-state index contributed by atoms with van der Waals surface area (Å²) >= 11 is 0. The van der Waals surface area contributed by atoms with Gasteiger partial charge in [-0.05, 0) is 0 Å². The van der Waals surface area contributed by atoms with Crippen LogP contribution < -0.4 is 0 Å². The summed E-state index contributed by atoms with van der Waals surface area (Å²) in [6, 6.07) is 0. The maximum absolute atomic E-state index is 8.88. The smallest absolute Gasteiger partial charge is 0.303 e. The van der Waals surface area contributed by atoms with Crippen molar-refractivity contribution in [3.63, 3.8) is 0 Å². The van der Waals surface area contributed by atoms with Gasteiger partial charge in [-0.15, -0.1) is 0 Å². The van der Waals surface area contributed by atoms with Crippen LogP contribution in [0.25, 0.3) is 0 Å². The number of hydrogen-bond donors (Lipinski definition) is 3. The quantitative estimate of drug-likeness (QED) is 0.346. The molecular formula is H6AlLaO4P. The fraction of sp³-hybridized carbons (Fsp3) is 0. The van der Waals surface area contributed by atoms with Crippen molar-refractivity contribution in [2.24, 2.45) is 0 Å². The summed E-state index contributed by atoms with van der Waals surface area (Å²) in [5.74, 6) is 0. The molecule has 0 saturated heterocycles. The molecule has 0 aliphatic rings.